The minimum atomic E-state index is -0.115. The van der Waals surface area contributed by atoms with Gasteiger partial charge < -0.3 is 0 Å². The molecular weight excluding hydrogens is 324 g/mol. The number of hydrogen-bond acceptors (Lipinski definition) is 6. The molecule has 6 nitrogen and oxygen atoms in total. The van der Waals surface area contributed by atoms with E-state index in [1.807, 2.05) is 62.4 Å². The van der Waals surface area contributed by atoms with Crippen molar-refractivity contribution in [3.05, 3.63) is 77.4 Å². The Morgan fingerprint density at radius 2 is 1.50 bits per heavy atom. The van der Waals surface area contributed by atoms with Gasteiger partial charge in [0.25, 0.3) is 0 Å². The third-order valence-electron chi connectivity index (χ3n) is 4.17. The molecule has 0 aliphatic carbocycles. The number of pyridine rings is 2. The van der Waals surface area contributed by atoms with E-state index in [0.29, 0.717) is 0 Å². The van der Waals surface area contributed by atoms with Crippen molar-refractivity contribution in [3.8, 4) is 11.4 Å². The van der Waals surface area contributed by atoms with Gasteiger partial charge in [-0.05, 0) is 56.7 Å². The van der Waals surface area contributed by atoms with E-state index >= 15 is 0 Å². The van der Waals surface area contributed by atoms with E-state index in [2.05, 4.69) is 36.5 Å². The molecule has 0 amide bonds. The topological polar surface area (TPSA) is 76.3 Å². The number of aromatic nitrogens is 4. The molecule has 26 heavy (non-hydrogen) atoms. The minimum absolute atomic E-state index is 0.115. The molecule has 0 bridgehead atoms. The van der Waals surface area contributed by atoms with Gasteiger partial charge in [0, 0.05) is 11.4 Å². The lowest BCUT2D eigenvalue weighted by Crippen LogP contribution is -2.03. The van der Waals surface area contributed by atoms with Crippen molar-refractivity contribution in [1.82, 2.24) is 20.2 Å². The quantitative estimate of drug-likeness (QED) is 0.703. The van der Waals surface area contributed by atoms with Crippen molar-refractivity contribution in [1.29, 1.82) is 0 Å². The van der Waals surface area contributed by atoms with Crippen molar-refractivity contribution in [2.24, 2.45) is 10.2 Å². The fourth-order valence-electron chi connectivity index (χ4n) is 2.81. The molecule has 0 saturated carbocycles. The third kappa shape index (κ3) is 3.39. The van der Waals surface area contributed by atoms with Crippen LogP contribution in [0.1, 0.15) is 35.2 Å². The lowest BCUT2D eigenvalue weighted by Gasteiger charge is -2.13. The van der Waals surface area contributed by atoms with Crippen LogP contribution in [0.4, 0.5) is 0 Å². The zero-order valence-corrected chi connectivity index (χ0v) is 14.7. The predicted octanol–water partition coefficient (Wildman–Crippen LogP) is 4.49. The summed E-state index contributed by atoms with van der Waals surface area (Å²) in [5, 5.41) is 17.4. The summed E-state index contributed by atoms with van der Waals surface area (Å²) >= 11 is 0. The van der Waals surface area contributed by atoms with Gasteiger partial charge >= 0.3 is 0 Å². The summed E-state index contributed by atoms with van der Waals surface area (Å²) in [4.78, 5) is 8.97. The fourth-order valence-corrected chi connectivity index (χ4v) is 2.81. The Kier molecular flexibility index (Phi) is 4.31. The van der Waals surface area contributed by atoms with Crippen molar-refractivity contribution in [3.63, 3.8) is 0 Å². The van der Waals surface area contributed by atoms with Crippen LogP contribution in [0.5, 0.6) is 0 Å². The zero-order valence-electron chi connectivity index (χ0n) is 14.7. The Morgan fingerprint density at radius 3 is 2.12 bits per heavy atom. The van der Waals surface area contributed by atoms with Gasteiger partial charge in [0.05, 0.1) is 17.1 Å². The fraction of sp³-hybridized carbons (Fsp3) is 0.200. The largest absolute Gasteiger partial charge is 0.251 e. The maximum atomic E-state index is 4.49. The van der Waals surface area contributed by atoms with E-state index in [4.69, 9.17) is 0 Å². The molecule has 128 valence electrons. The summed E-state index contributed by atoms with van der Waals surface area (Å²) < 4.78 is 0. The van der Waals surface area contributed by atoms with Gasteiger partial charge in [-0.2, -0.15) is 15.3 Å². The molecule has 0 saturated heterocycles. The smallest absolute Gasteiger partial charge is 0.119 e. The van der Waals surface area contributed by atoms with Crippen molar-refractivity contribution in [2.45, 2.75) is 26.3 Å². The van der Waals surface area contributed by atoms with Gasteiger partial charge in [-0.15, -0.1) is 5.10 Å². The van der Waals surface area contributed by atoms with Crippen molar-refractivity contribution < 1.29 is 0 Å². The van der Waals surface area contributed by atoms with E-state index in [-0.39, 0.29) is 6.04 Å². The second kappa shape index (κ2) is 6.92. The Hall–Kier alpha value is -3.28. The summed E-state index contributed by atoms with van der Waals surface area (Å²) in [6.45, 7) is 3.92. The van der Waals surface area contributed by atoms with Crippen molar-refractivity contribution >= 4 is 5.70 Å². The summed E-state index contributed by atoms with van der Waals surface area (Å²) in [5.74, 6) is 0. The van der Waals surface area contributed by atoms with E-state index in [1.54, 1.807) is 0 Å². The van der Waals surface area contributed by atoms with Crippen LogP contribution >= 0.6 is 0 Å². The molecule has 4 heterocycles. The molecule has 3 aromatic heterocycles. The molecule has 0 fully saturated rings. The van der Waals surface area contributed by atoms with E-state index < -0.39 is 0 Å². The molecule has 0 radical (unpaired) electrons. The summed E-state index contributed by atoms with van der Waals surface area (Å²) in [5.41, 5.74) is 5.95. The van der Waals surface area contributed by atoms with Gasteiger partial charge in [-0.1, -0.05) is 18.2 Å². The highest BCUT2D eigenvalue weighted by Crippen LogP contribution is 2.29. The van der Waals surface area contributed by atoms with Gasteiger partial charge in [-0.3, -0.25) is 9.97 Å². The second-order valence-electron chi connectivity index (χ2n) is 6.23. The Bertz CT molecular complexity index is 991. The summed E-state index contributed by atoms with van der Waals surface area (Å²) in [7, 11) is 0. The molecule has 1 atom stereocenters. The highest BCUT2D eigenvalue weighted by molar-refractivity contribution is 5.61. The van der Waals surface area contributed by atoms with Gasteiger partial charge in [0.15, 0.2) is 0 Å². The van der Waals surface area contributed by atoms with E-state index in [0.717, 1.165) is 46.3 Å². The maximum absolute atomic E-state index is 4.49. The molecule has 0 aromatic carbocycles. The summed E-state index contributed by atoms with van der Waals surface area (Å²) in [6, 6.07) is 15.5. The summed E-state index contributed by atoms with van der Waals surface area (Å²) in [6.07, 6.45) is 2.78. The van der Waals surface area contributed by atoms with Crippen LogP contribution in [0.25, 0.3) is 17.1 Å². The SMILES string of the molecule is Cc1cccc(C2=CCC(c3ccc(-c4cccc(C)n4)nn3)N=N2)n1. The van der Waals surface area contributed by atoms with Crippen LogP contribution in [-0.4, -0.2) is 20.2 Å². The number of hydrogen-bond donors (Lipinski definition) is 0. The lowest BCUT2D eigenvalue weighted by molar-refractivity contribution is 0.650. The van der Waals surface area contributed by atoms with Gasteiger partial charge in [-0.25, -0.2) is 0 Å². The van der Waals surface area contributed by atoms with Crippen LogP contribution in [0.15, 0.2) is 64.8 Å². The Balaban J connectivity index is 1.51. The normalized spacial score (nSPS) is 16.4. The average molecular weight is 342 g/mol. The molecule has 1 aliphatic heterocycles. The first kappa shape index (κ1) is 16.2. The van der Waals surface area contributed by atoms with Crippen LogP contribution in [-0.2, 0) is 0 Å². The first-order valence-corrected chi connectivity index (χ1v) is 8.52. The molecule has 1 unspecified atom stereocenters. The van der Waals surface area contributed by atoms with E-state index in [9.17, 15) is 0 Å². The zero-order chi connectivity index (χ0) is 17.9. The predicted molar refractivity (Wildman–Crippen MR) is 99.2 cm³/mol. The Labute approximate surface area is 151 Å². The number of azo groups is 1. The molecule has 4 rings (SSSR count). The standard InChI is InChI=1S/C20H18N6/c1-13-5-3-7-15(21-13)17-9-11-19(25-23-17)20-12-10-18(24-26-20)16-8-4-6-14(2)22-16/h3-11,20H,12H2,1-2H3. The third-order valence-corrected chi connectivity index (χ3v) is 4.17. The molecule has 6 heteroatoms. The highest BCUT2D eigenvalue weighted by Gasteiger charge is 2.17. The van der Waals surface area contributed by atoms with Crippen LogP contribution < -0.4 is 0 Å². The maximum Gasteiger partial charge on any atom is 0.119 e. The van der Waals surface area contributed by atoms with Crippen LogP contribution in [0, 0.1) is 13.8 Å². The monoisotopic (exact) mass is 342 g/mol. The number of nitrogens with zero attached hydrogens (tertiary/aromatic N) is 6. The number of rotatable bonds is 3. The second-order valence-corrected chi connectivity index (χ2v) is 6.23. The Morgan fingerprint density at radius 1 is 0.769 bits per heavy atom. The molecule has 3 aromatic rings. The highest BCUT2D eigenvalue weighted by atomic mass is 15.2. The van der Waals surface area contributed by atoms with E-state index in [1.165, 1.54) is 0 Å². The molecular formula is C20H18N6. The average Bonchev–Trinajstić information content (AvgIpc) is 2.68. The molecule has 1 aliphatic rings. The van der Waals surface area contributed by atoms with Gasteiger partial charge in [0.1, 0.15) is 17.4 Å². The van der Waals surface area contributed by atoms with Crippen molar-refractivity contribution in [2.75, 3.05) is 0 Å². The first-order chi connectivity index (χ1) is 12.7. The molecule has 0 spiro atoms. The van der Waals surface area contributed by atoms with Gasteiger partial charge in [0.2, 0.25) is 0 Å². The lowest BCUT2D eigenvalue weighted by atomic mass is 10.1. The van der Waals surface area contributed by atoms with Crippen LogP contribution in [0.3, 0.4) is 0 Å². The first-order valence-electron chi connectivity index (χ1n) is 8.52. The number of aryl methyl sites for hydroxylation is 2. The minimum Gasteiger partial charge on any atom is -0.251 e. The molecule has 0 N–H and O–H groups in total. The van der Waals surface area contributed by atoms with Crippen LogP contribution in [0.2, 0.25) is 0 Å².